The van der Waals surface area contributed by atoms with E-state index in [4.69, 9.17) is 5.11 Å². The number of aromatic nitrogens is 2. The third-order valence-corrected chi connectivity index (χ3v) is 3.69. The lowest BCUT2D eigenvalue weighted by molar-refractivity contribution is 0.246. The molecule has 2 amide bonds. The second kappa shape index (κ2) is 6.21. The molecule has 0 aliphatic carbocycles. The van der Waals surface area contributed by atoms with E-state index in [2.05, 4.69) is 20.6 Å². The van der Waals surface area contributed by atoms with Gasteiger partial charge in [0, 0.05) is 24.3 Å². The molecule has 7 nitrogen and oxygen atoms in total. The van der Waals surface area contributed by atoms with Crippen molar-refractivity contribution in [2.75, 3.05) is 16.8 Å². The Morgan fingerprint density at radius 2 is 2.22 bits per heavy atom. The third kappa shape index (κ3) is 2.95. The zero-order chi connectivity index (χ0) is 16.4. The van der Waals surface area contributed by atoms with Crippen molar-refractivity contribution in [3.63, 3.8) is 0 Å². The number of carbonyl (C=O) groups is 1. The predicted octanol–water partition coefficient (Wildman–Crippen LogP) is 1.94. The molecule has 1 aliphatic heterocycles. The molecule has 0 spiro atoms. The molecule has 0 saturated carbocycles. The molecule has 1 aromatic carbocycles. The number of carbonyl (C=O) groups excluding carboxylic acids is 1. The van der Waals surface area contributed by atoms with Gasteiger partial charge in [0.25, 0.3) is 0 Å². The molecule has 1 atom stereocenters. The van der Waals surface area contributed by atoms with Gasteiger partial charge in [0.2, 0.25) is 5.95 Å². The number of aryl methyl sites for hydroxylation is 1. The molecule has 0 bridgehead atoms. The lowest BCUT2D eigenvalue weighted by atomic mass is 10.1. The molecular weight excluding hydrogens is 294 g/mol. The van der Waals surface area contributed by atoms with Crippen LogP contribution in [0.1, 0.15) is 18.1 Å². The lowest BCUT2D eigenvalue weighted by Gasteiger charge is -2.30. The quantitative estimate of drug-likeness (QED) is 0.802. The van der Waals surface area contributed by atoms with Gasteiger partial charge >= 0.3 is 6.03 Å². The van der Waals surface area contributed by atoms with E-state index in [1.807, 2.05) is 38.1 Å². The molecule has 7 heteroatoms. The number of fused-ring (bicyclic) bond motifs is 1. The van der Waals surface area contributed by atoms with Crippen molar-refractivity contribution in [3.8, 4) is 0 Å². The minimum atomic E-state index is -0.216. The second-order valence-electron chi connectivity index (χ2n) is 5.55. The minimum absolute atomic E-state index is 0.0254. The van der Waals surface area contributed by atoms with E-state index in [9.17, 15) is 4.79 Å². The summed E-state index contributed by atoms with van der Waals surface area (Å²) in [5.74, 6) is 0.948. The zero-order valence-corrected chi connectivity index (χ0v) is 13.1. The number of anilines is 3. The van der Waals surface area contributed by atoms with Crippen LogP contribution in [0.15, 0.2) is 30.5 Å². The van der Waals surface area contributed by atoms with Gasteiger partial charge in [-0.1, -0.05) is 18.2 Å². The molecule has 0 saturated heterocycles. The Kier molecular flexibility index (Phi) is 4.12. The Labute approximate surface area is 134 Å². The average Bonchev–Trinajstić information content (AvgIpc) is 2.55. The number of aliphatic hydroxyl groups is 1. The monoisotopic (exact) mass is 313 g/mol. The van der Waals surface area contributed by atoms with Crippen molar-refractivity contribution in [2.24, 2.45) is 0 Å². The van der Waals surface area contributed by atoms with E-state index in [-0.39, 0.29) is 18.7 Å². The Hall–Kier alpha value is -2.67. The third-order valence-electron chi connectivity index (χ3n) is 3.69. The molecule has 23 heavy (non-hydrogen) atoms. The molecule has 1 aromatic heterocycles. The molecule has 120 valence electrons. The molecule has 1 aliphatic rings. The van der Waals surface area contributed by atoms with Gasteiger partial charge in [0.05, 0.1) is 12.3 Å². The van der Waals surface area contributed by atoms with Gasteiger partial charge in [-0.05, 0) is 25.5 Å². The van der Waals surface area contributed by atoms with Crippen molar-refractivity contribution >= 4 is 23.5 Å². The van der Waals surface area contributed by atoms with Crippen LogP contribution >= 0.6 is 0 Å². The summed E-state index contributed by atoms with van der Waals surface area (Å²) in [5, 5.41) is 15.0. The normalized spacial score (nSPS) is 14.9. The van der Waals surface area contributed by atoms with Crippen LogP contribution in [-0.2, 0) is 6.54 Å². The van der Waals surface area contributed by atoms with Crippen LogP contribution in [0.3, 0.4) is 0 Å². The number of hydrogen-bond donors (Lipinski definition) is 3. The first-order valence-electron chi connectivity index (χ1n) is 7.47. The fourth-order valence-corrected chi connectivity index (χ4v) is 2.44. The van der Waals surface area contributed by atoms with E-state index >= 15 is 0 Å². The van der Waals surface area contributed by atoms with Crippen molar-refractivity contribution in [1.29, 1.82) is 0 Å². The number of rotatable bonds is 4. The van der Waals surface area contributed by atoms with Crippen LogP contribution in [0.25, 0.3) is 0 Å². The number of hydrogen-bond acceptors (Lipinski definition) is 5. The summed E-state index contributed by atoms with van der Waals surface area (Å²) in [6, 6.07) is 7.26. The molecular formula is C16H19N5O2. The van der Waals surface area contributed by atoms with Gasteiger partial charge in [-0.2, -0.15) is 4.98 Å². The van der Waals surface area contributed by atoms with Gasteiger partial charge in [-0.3, -0.25) is 0 Å². The van der Waals surface area contributed by atoms with Crippen molar-refractivity contribution in [2.45, 2.75) is 26.4 Å². The van der Waals surface area contributed by atoms with Gasteiger partial charge < -0.3 is 15.7 Å². The largest absolute Gasteiger partial charge is 0.394 e. The zero-order valence-electron chi connectivity index (χ0n) is 13.1. The highest BCUT2D eigenvalue weighted by Gasteiger charge is 2.28. The molecule has 3 N–H and O–H groups in total. The predicted molar refractivity (Wildman–Crippen MR) is 87.8 cm³/mol. The molecule has 2 aromatic rings. The highest BCUT2D eigenvalue weighted by molar-refractivity contribution is 6.01. The van der Waals surface area contributed by atoms with Crippen molar-refractivity contribution < 1.29 is 9.90 Å². The first kappa shape index (κ1) is 15.2. The number of urea groups is 1. The van der Waals surface area contributed by atoms with E-state index in [0.717, 1.165) is 16.8 Å². The highest BCUT2D eigenvalue weighted by Crippen LogP contribution is 2.32. The van der Waals surface area contributed by atoms with E-state index in [1.54, 1.807) is 11.1 Å². The van der Waals surface area contributed by atoms with Gasteiger partial charge in [-0.25, -0.2) is 14.7 Å². The summed E-state index contributed by atoms with van der Waals surface area (Å²) in [4.78, 5) is 22.7. The Morgan fingerprint density at radius 3 is 2.96 bits per heavy atom. The number of nitrogens with zero attached hydrogens (tertiary/aromatic N) is 3. The number of aliphatic hydroxyl groups excluding tert-OH is 1. The van der Waals surface area contributed by atoms with E-state index in [0.29, 0.717) is 18.3 Å². The lowest BCUT2D eigenvalue weighted by Crippen LogP contribution is -2.42. The number of para-hydroxylation sites is 1. The number of benzene rings is 1. The van der Waals surface area contributed by atoms with Crippen LogP contribution in [-0.4, -0.2) is 33.8 Å². The van der Waals surface area contributed by atoms with Crippen LogP contribution in [0.4, 0.5) is 22.2 Å². The van der Waals surface area contributed by atoms with Crippen LogP contribution in [0.2, 0.25) is 0 Å². The molecule has 0 unspecified atom stereocenters. The maximum Gasteiger partial charge on any atom is 0.328 e. The molecule has 0 radical (unpaired) electrons. The smallest absolute Gasteiger partial charge is 0.328 e. The van der Waals surface area contributed by atoms with Gasteiger partial charge in [-0.15, -0.1) is 0 Å². The van der Waals surface area contributed by atoms with Gasteiger partial charge in [0.15, 0.2) is 5.82 Å². The first-order valence-corrected chi connectivity index (χ1v) is 7.47. The standard InChI is InChI=1S/C16H19N5O2/c1-10-5-3-4-6-13(10)21-14-12(8-18-16(21)23)7-17-15(20-14)19-11(2)9-22/h3-7,11,22H,8-9H2,1-2H3,(H,18,23)(H,17,19,20)/t11-/m0/s1. The fourth-order valence-electron chi connectivity index (χ4n) is 2.44. The van der Waals surface area contributed by atoms with Gasteiger partial charge in [0.1, 0.15) is 0 Å². The van der Waals surface area contributed by atoms with Crippen LogP contribution < -0.4 is 15.5 Å². The summed E-state index contributed by atoms with van der Waals surface area (Å²) in [5.41, 5.74) is 2.60. The minimum Gasteiger partial charge on any atom is -0.394 e. The maximum absolute atomic E-state index is 12.4. The fraction of sp³-hybridized carbons (Fsp3) is 0.312. The topological polar surface area (TPSA) is 90.4 Å². The first-order chi connectivity index (χ1) is 11.1. The summed E-state index contributed by atoms with van der Waals surface area (Å²) in [7, 11) is 0. The second-order valence-corrected chi connectivity index (χ2v) is 5.55. The van der Waals surface area contributed by atoms with Crippen LogP contribution in [0, 0.1) is 6.92 Å². The summed E-state index contributed by atoms with van der Waals surface area (Å²) < 4.78 is 0. The van der Waals surface area contributed by atoms with Crippen molar-refractivity contribution in [1.82, 2.24) is 15.3 Å². The summed E-state index contributed by atoms with van der Waals surface area (Å²) >= 11 is 0. The molecule has 0 fully saturated rings. The molecule has 2 heterocycles. The van der Waals surface area contributed by atoms with E-state index < -0.39 is 0 Å². The van der Waals surface area contributed by atoms with Crippen molar-refractivity contribution in [3.05, 3.63) is 41.6 Å². The SMILES string of the molecule is Cc1ccccc1N1C(=O)NCc2cnc(N[C@@H](C)CO)nc21. The summed E-state index contributed by atoms with van der Waals surface area (Å²) in [6.07, 6.45) is 1.69. The number of nitrogens with one attached hydrogen (secondary N) is 2. The van der Waals surface area contributed by atoms with Crippen LogP contribution in [0.5, 0.6) is 0 Å². The average molecular weight is 313 g/mol. The Bertz CT molecular complexity index is 734. The summed E-state index contributed by atoms with van der Waals surface area (Å²) in [6.45, 7) is 4.15. The van der Waals surface area contributed by atoms with E-state index in [1.165, 1.54) is 0 Å². The Morgan fingerprint density at radius 1 is 1.43 bits per heavy atom. The maximum atomic E-state index is 12.4. The number of amides is 2. The highest BCUT2D eigenvalue weighted by atomic mass is 16.3. The molecule has 3 rings (SSSR count). The Balaban J connectivity index is 2.05.